The zero-order chi connectivity index (χ0) is 21.6. The predicted octanol–water partition coefficient (Wildman–Crippen LogP) is 4.52. The van der Waals surface area contributed by atoms with Gasteiger partial charge in [-0.2, -0.15) is 0 Å². The third-order valence-electron chi connectivity index (χ3n) is 5.59. The summed E-state index contributed by atoms with van der Waals surface area (Å²) in [5.41, 5.74) is 3.96. The van der Waals surface area contributed by atoms with E-state index in [1.54, 1.807) is 16.9 Å². The van der Waals surface area contributed by atoms with Crippen molar-refractivity contribution in [1.29, 1.82) is 0 Å². The Balaban J connectivity index is 1.52. The normalized spacial score (nSPS) is 13.3. The number of nitrogens with zero attached hydrogens (tertiary/aromatic N) is 2. The van der Waals surface area contributed by atoms with Gasteiger partial charge in [0.05, 0.1) is 13.5 Å². The van der Waals surface area contributed by atoms with Crippen LogP contribution in [-0.2, 0) is 16.0 Å². The van der Waals surface area contributed by atoms with Crippen LogP contribution in [0.4, 0.5) is 5.69 Å². The first-order valence-corrected chi connectivity index (χ1v) is 10.5. The number of amides is 2. The van der Waals surface area contributed by atoms with Crippen LogP contribution in [0.1, 0.15) is 18.4 Å². The molecule has 5 nitrogen and oxygen atoms in total. The van der Waals surface area contributed by atoms with E-state index in [2.05, 4.69) is 12.1 Å². The molecule has 1 heterocycles. The Morgan fingerprint density at radius 1 is 0.935 bits per heavy atom. The van der Waals surface area contributed by atoms with E-state index in [0.29, 0.717) is 13.0 Å². The van der Waals surface area contributed by atoms with Crippen LogP contribution in [0.3, 0.4) is 0 Å². The number of carbonyl (C=O) groups excluding carboxylic acids is 2. The van der Waals surface area contributed by atoms with Crippen molar-refractivity contribution in [2.24, 2.45) is 0 Å². The maximum Gasteiger partial charge on any atom is 0.232 e. The number of ether oxygens (including phenoxy) is 1. The van der Waals surface area contributed by atoms with Gasteiger partial charge in [-0.1, -0.05) is 54.6 Å². The Morgan fingerprint density at radius 3 is 2.23 bits per heavy atom. The SMILES string of the molecule is COc1ccc(N(CN2CCCC2=O)C(=O)Cc2ccc(-c3ccccc3)cc2)cc1. The van der Waals surface area contributed by atoms with Crippen LogP contribution in [0, 0.1) is 0 Å². The first-order chi connectivity index (χ1) is 15.1. The van der Waals surface area contributed by atoms with Crippen LogP contribution in [0.15, 0.2) is 78.9 Å². The van der Waals surface area contributed by atoms with Crippen LogP contribution in [0.2, 0.25) is 0 Å². The van der Waals surface area contributed by atoms with Crippen molar-refractivity contribution >= 4 is 17.5 Å². The molecule has 3 aromatic carbocycles. The molecule has 0 spiro atoms. The van der Waals surface area contributed by atoms with Crippen LogP contribution in [0.25, 0.3) is 11.1 Å². The Morgan fingerprint density at radius 2 is 1.61 bits per heavy atom. The monoisotopic (exact) mass is 414 g/mol. The Bertz CT molecular complexity index is 1030. The Labute approximate surface area is 182 Å². The predicted molar refractivity (Wildman–Crippen MR) is 122 cm³/mol. The maximum absolute atomic E-state index is 13.3. The molecule has 0 N–H and O–H groups in total. The first kappa shape index (κ1) is 20.7. The van der Waals surface area contributed by atoms with Gasteiger partial charge in [-0.05, 0) is 47.4 Å². The van der Waals surface area contributed by atoms with E-state index in [-0.39, 0.29) is 24.9 Å². The zero-order valence-electron chi connectivity index (χ0n) is 17.7. The highest BCUT2D eigenvalue weighted by molar-refractivity contribution is 5.95. The lowest BCUT2D eigenvalue weighted by Gasteiger charge is -2.28. The second-order valence-corrected chi connectivity index (χ2v) is 7.66. The minimum atomic E-state index is -0.0441. The van der Waals surface area contributed by atoms with Crippen molar-refractivity contribution in [3.8, 4) is 16.9 Å². The lowest BCUT2D eigenvalue weighted by molar-refractivity contribution is -0.128. The molecular weight excluding hydrogens is 388 g/mol. The molecule has 5 heteroatoms. The topological polar surface area (TPSA) is 49.9 Å². The Kier molecular flexibility index (Phi) is 6.32. The molecule has 0 atom stereocenters. The summed E-state index contributed by atoms with van der Waals surface area (Å²) >= 11 is 0. The van der Waals surface area contributed by atoms with Crippen molar-refractivity contribution in [2.75, 3.05) is 25.2 Å². The number of benzene rings is 3. The summed E-state index contributed by atoms with van der Waals surface area (Å²) in [6.07, 6.45) is 1.65. The van der Waals surface area contributed by atoms with Crippen LogP contribution < -0.4 is 9.64 Å². The number of hydrogen-bond acceptors (Lipinski definition) is 3. The molecule has 0 unspecified atom stereocenters. The third-order valence-corrected chi connectivity index (χ3v) is 5.59. The molecular formula is C26H26N2O3. The van der Waals surface area contributed by atoms with E-state index in [4.69, 9.17) is 4.74 Å². The van der Waals surface area contributed by atoms with Gasteiger partial charge < -0.3 is 9.64 Å². The highest BCUT2D eigenvalue weighted by atomic mass is 16.5. The minimum absolute atomic E-state index is 0.0441. The zero-order valence-corrected chi connectivity index (χ0v) is 17.7. The molecule has 1 fully saturated rings. The lowest BCUT2D eigenvalue weighted by Crippen LogP contribution is -2.43. The number of methoxy groups -OCH3 is 1. The number of anilines is 1. The second kappa shape index (κ2) is 9.47. The summed E-state index contributed by atoms with van der Waals surface area (Å²) in [6.45, 7) is 0.955. The van der Waals surface area contributed by atoms with Gasteiger partial charge in [0.25, 0.3) is 0 Å². The minimum Gasteiger partial charge on any atom is -0.497 e. The van der Waals surface area contributed by atoms with Gasteiger partial charge in [0.1, 0.15) is 12.4 Å². The van der Waals surface area contributed by atoms with E-state index in [0.717, 1.165) is 34.5 Å². The molecule has 3 aromatic rings. The van der Waals surface area contributed by atoms with Gasteiger partial charge in [0, 0.05) is 18.7 Å². The average Bonchev–Trinajstić information content (AvgIpc) is 3.23. The molecule has 1 saturated heterocycles. The van der Waals surface area contributed by atoms with Gasteiger partial charge >= 0.3 is 0 Å². The third kappa shape index (κ3) is 4.94. The summed E-state index contributed by atoms with van der Waals surface area (Å²) in [6, 6.07) is 25.6. The van der Waals surface area contributed by atoms with Crippen LogP contribution >= 0.6 is 0 Å². The van der Waals surface area contributed by atoms with Crippen LogP contribution in [-0.4, -0.2) is 37.0 Å². The largest absolute Gasteiger partial charge is 0.497 e. The maximum atomic E-state index is 13.3. The molecule has 0 aliphatic carbocycles. The molecule has 2 amide bonds. The molecule has 0 radical (unpaired) electrons. The number of hydrogen-bond donors (Lipinski definition) is 0. The van der Waals surface area contributed by atoms with Gasteiger partial charge in [-0.25, -0.2) is 0 Å². The highest BCUT2D eigenvalue weighted by Gasteiger charge is 2.25. The molecule has 0 bridgehead atoms. The number of likely N-dealkylation sites (tertiary alicyclic amines) is 1. The first-order valence-electron chi connectivity index (χ1n) is 10.5. The molecule has 158 valence electrons. The summed E-state index contributed by atoms with van der Waals surface area (Å²) in [4.78, 5) is 28.9. The fourth-order valence-corrected chi connectivity index (χ4v) is 3.81. The molecule has 31 heavy (non-hydrogen) atoms. The summed E-state index contributed by atoms with van der Waals surface area (Å²) in [7, 11) is 1.61. The summed E-state index contributed by atoms with van der Waals surface area (Å²) < 4.78 is 5.24. The van der Waals surface area contributed by atoms with Crippen molar-refractivity contribution < 1.29 is 14.3 Å². The van der Waals surface area contributed by atoms with Crippen molar-refractivity contribution in [3.63, 3.8) is 0 Å². The number of rotatable bonds is 7. The smallest absolute Gasteiger partial charge is 0.232 e. The molecule has 1 aliphatic rings. The molecule has 0 aromatic heterocycles. The quantitative estimate of drug-likeness (QED) is 0.571. The van der Waals surface area contributed by atoms with Crippen molar-refractivity contribution in [1.82, 2.24) is 4.90 Å². The summed E-state index contributed by atoms with van der Waals surface area (Å²) in [5.74, 6) is 0.778. The number of carbonyl (C=O) groups is 2. The van der Waals surface area contributed by atoms with Crippen LogP contribution in [0.5, 0.6) is 5.75 Å². The van der Waals surface area contributed by atoms with E-state index in [1.165, 1.54) is 0 Å². The second-order valence-electron chi connectivity index (χ2n) is 7.66. The van der Waals surface area contributed by atoms with Gasteiger partial charge in [0.15, 0.2) is 0 Å². The van der Waals surface area contributed by atoms with E-state index >= 15 is 0 Å². The Hall–Kier alpha value is -3.60. The lowest BCUT2D eigenvalue weighted by atomic mass is 10.0. The molecule has 0 saturated carbocycles. The van der Waals surface area contributed by atoms with E-state index < -0.39 is 0 Å². The highest BCUT2D eigenvalue weighted by Crippen LogP contribution is 2.23. The van der Waals surface area contributed by atoms with Crippen molar-refractivity contribution in [2.45, 2.75) is 19.3 Å². The van der Waals surface area contributed by atoms with Gasteiger partial charge in [-0.3, -0.25) is 14.5 Å². The molecule has 1 aliphatic heterocycles. The standard InChI is InChI=1S/C26H26N2O3/c1-31-24-15-13-23(14-16-24)28(19-27-17-5-8-25(27)29)26(30)18-20-9-11-22(12-10-20)21-6-3-2-4-7-21/h2-4,6-7,9-16H,5,8,17-19H2,1H3. The van der Waals surface area contributed by atoms with E-state index in [1.807, 2.05) is 66.7 Å². The fourth-order valence-electron chi connectivity index (χ4n) is 3.81. The average molecular weight is 415 g/mol. The van der Waals surface area contributed by atoms with E-state index in [9.17, 15) is 9.59 Å². The van der Waals surface area contributed by atoms with Gasteiger partial charge in [-0.15, -0.1) is 0 Å². The fraction of sp³-hybridized carbons (Fsp3) is 0.231. The van der Waals surface area contributed by atoms with Crippen molar-refractivity contribution in [3.05, 3.63) is 84.4 Å². The van der Waals surface area contributed by atoms with Gasteiger partial charge in [0.2, 0.25) is 11.8 Å². The summed E-state index contributed by atoms with van der Waals surface area (Å²) in [5, 5.41) is 0. The molecule has 4 rings (SSSR count).